The molecule has 3 aromatic rings. The summed E-state index contributed by atoms with van der Waals surface area (Å²) in [5, 5.41) is 34.4. The van der Waals surface area contributed by atoms with Crippen molar-refractivity contribution in [2.75, 3.05) is 33.0 Å². The van der Waals surface area contributed by atoms with E-state index < -0.39 is 6.04 Å². The number of rotatable bonds is 21. The molecule has 41 heavy (non-hydrogen) atoms. The third-order valence-electron chi connectivity index (χ3n) is 7.12. The molecule has 0 saturated heterocycles. The average molecular weight is 612 g/mol. The quantitative estimate of drug-likeness (QED) is 0.0932. The lowest BCUT2D eigenvalue weighted by Gasteiger charge is -2.27. The van der Waals surface area contributed by atoms with Crippen molar-refractivity contribution in [2.45, 2.75) is 83.6 Å². The first kappa shape index (κ1) is 33.1. The van der Waals surface area contributed by atoms with E-state index in [1.807, 2.05) is 12.1 Å². The van der Waals surface area contributed by atoms with Crippen LogP contribution in [0, 0.1) is 0 Å². The van der Waals surface area contributed by atoms with E-state index in [4.69, 9.17) is 27.9 Å². The third-order valence-corrected chi connectivity index (χ3v) is 7.71. The Morgan fingerprint density at radius 1 is 0.976 bits per heavy atom. The molecule has 2 aromatic heterocycles. The number of nitrogens with zero attached hydrogens (tertiary/aromatic N) is 4. The Labute approximate surface area is 252 Å². The molecule has 0 saturated carbocycles. The monoisotopic (exact) mass is 610 g/mol. The van der Waals surface area contributed by atoms with Gasteiger partial charge in [-0.2, -0.15) is 0 Å². The SMILES string of the molecule is CCCCCCCCCCCCC(NCOc1[nH]n2c(-c3ccc(Cl)cc3)nnc2c1Cl)C(=O)N(CCO)CCO. The summed E-state index contributed by atoms with van der Waals surface area (Å²) in [6, 6.07) is 6.69. The number of nitrogens with one attached hydrogen (secondary N) is 2. The van der Waals surface area contributed by atoms with Crippen molar-refractivity contribution in [1.29, 1.82) is 0 Å². The van der Waals surface area contributed by atoms with E-state index in [2.05, 4.69) is 27.5 Å². The summed E-state index contributed by atoms with van der Waals surface area (Å²) in [5.41, 5.74) is 1.22. The Morgan fingerprint density at radius 3 is 2.20 bits per heavy atom. The van der Waals surface area contributed by atoms with Gasteiger partial charge in [0.15, 0.2) is 11.5 Å². The van der Waals surface area contributed by atoms with Gasteiger partial charge in [-0.15, -0.1) is 10.2 Å². The number of halogens is 2. The van der Waals surface area contributed by atoms with Crippen LogP contribution in [-0.2, 0) is 4.79 Å². The predicted octanol–water partition coefficient (Wildman–Crippen LogP) is 5.45. The third kappa shape index (κ3) is 10.1. The summed E-state index contributed by atoms with van der Waals surface area (Å²) in [7, 11) is 0. The minimum absolute atomic E-state index is 0.0212. The number of unbranched alkanes of at least 4 members (excludes halogenated alkanes) is 9. The van der Waals surface area contributed by atoms with Gasteiger partial charge < -0.3 is 19.8 Å². The van der Waals surface area contributed by atoms with Gasteiger partial charge in [-0.25, -0.2) is 4.52 Å². The Hall–Kier alpha value is -2.37. The molecule has 1 atom stereocenters. The van der Waals surface area contributed by atoms with Crippen LogP contribution in [-0.4, -0.2) is 79.9 Å². The normalized spacial score (nSPS) is 12.2. The first-order valence-electron chi connectivity index (χ1n) is 14.7. The second-order valence-corrected chi connectivity index (χ2v) is 11.0. The standard InChI is InChI=1S/C29H44Cl2N6O4/c1-2-3-4-5-6-7-8-9-10-11-12-24(29(40)36(17-19-38)18-20-39)32-21-41-28-25(31)27-34-33-26(37(27)35-28)22-13-15-23(30)16-14-22/h13-16,24,32,35,38-39H,2-12,17-21H2,1H3. The molecule has 0 radical (unpaired) electrons. The van der Waals surface area contributed by atoms with Crippen molar-refractivity contribution in [1.82, 2.24) is 30.0 Å². The highest BCUT2D eigenvalue weighted by Crippen LogP contribution is 2.30. The summed E-state index contributed by atoms with van der Waals surface area (Å²) < 4.78 is 7.53. The molecule has 3 rings (SSSR count). The van der Waals surface area contributed by atoms with Crippen LogP contribution in [0.1, 0.15) is 77.6 Å². The number of aliphatic hydroxyl groups excluding tert-OH is 2. The molecule has 12 heteroatoms. The molecular weight excluding hydrogens is 567 g/mol. The fourth-order valence-electron chi connectivity index (χ4n) is 4.82. The number of H-pyrrole nitrogens is 1. The molecule has 0 aliphatic rings. The van der Waals surface area contributed by atoms with Crippen molar-refractivity contribution in [2.24, 2.45) is 0 Å². The number of hydrogen-bond acceptors (Lipinski definition) is 7. The molecule has 2 heterocycles. The Bertz CT molecular complexity index is 1160. The molecule has 4 N–H and O–H groups in total. The molecular formula is C29H44Cl2N6O4. The molecule has 0 spiro atoms. The fraction of sp³-hybridized carbons (Fsp3) is 0.621. The van der Waals surface area contributed by atoms with Crippen molar-refractivity contribution in [3.05, 3.63) is 34.3 Å². The van der Waals surface area contributed by atoms with E-state index in [0.29, 0.717) is 28.8 Å². The lowest BCUT2D eigenvalue weighted by molar-refractivity contribution is -0.135. The lowest BCUT2D eigenvalue weighted by atomic mass is 10.0. The fourth-order valence-corrected chi connectivity index (χ4v) is 5.17. The molecule has 0 aliphatic heterocycles. The molecule has 10 nitrogen and oxygen atoms in total. The molecule has 228 valence electrons. The van der Waals surface area contributed by atoms with Gasteiger partial charge in [0.2, 0.25) is 11.8 Å². The molecule has 1 unspecified atom stereocenters. The zero-order valence-electron chi connectivity index (χ0n) is 24.0. The lowest BCUT2D eigenvalue weighted by Crippen LogP contribution is -2.49. The maximum absolute atomic E-state index is 13.3. The molecule has 1 aromatic carbocycles. The predicted molar refractivity (Wildman–Crippen MR) is 162 cm³/mol. The minimum Gasteiger partial charge on any atom is -0.461 e. The van der Waals surface area contributed by atoms with E-state index in [1.165, 1.54) is 49.8 Å². The first-order chi connectivity index (χ1) is 20.0. The smallest absolute Gasteiger partial charge is 0.239 e. The highest BCUT2D eigenvalue weighted by Gasteiger charge is 2.24. The van der Waals surface area contributed by atoms with Gasteiger partial charge in [-0.1, -0.05) is 94.3 Å². The van der Waals surface area contributed by atoms with E-state index in [-0.39, 0.29) is 44.0 Å². The maximum atomic E-state index is 13.3. The molecule has 1 amide bonds. The largest absolute Gasteiger partial charge is 0.461 e. The topological polar surface area (TPSA) is 128 Å². The van der Waals surface area contributed by atoms with Gasteiger partial charge in [0.05, 0.1) is 19.3 Å². The van der Waals surface area contributed by atoms with Crippen LogP contribution in [0.25, 0.3) is 17.0 Å². The number of carbonyl (C=O) groups is 1. The zero-order chi connectivity index (χ0) is 29.5. The van der Waals surface area contributed by atoms with Crippen LogP contribution in [0.2, 0.25) is 10.0 Å². The van der Waals surface area contributed by atoms with Crippen molar-refractivity contribution in [3.8, 4) is 17.3 Å². The van der Waals surface area contributed by atoms with Crippen LogP contribution in [0.3, 0.4) is 0 Å². The van der Waals surface area contributed by atoms with Gasteiger partial charge in [-0.05, 0) is 30.7 Å². The number of benzene rings is 1. The van der Waals surface area contributed by atoms with Crippen molar-refractivity contribution in [3.63, 3.8) is 0 Å². The average Bonchev–Trinajstić information content (AvgIpc) is 3.52. The number of aliphatic hydroxyl groups is 2. The Morgan fingerprint density at radius 2 is 1.59 bits per heavy atom. The Kier molecular flexibility index (Phi) is 14.7. The summed E-state index contributed by atoms with van der Waals surface area (Å²) >= 11 is 12.5. The Balaban J connectivity index is 1.56. The summed E-state index contributed by atoms with van der Waals surface area (Å²) in [4.78, 5) is 14.7. The van der Waals surface area contributed by atoms with Gasteiger partial charge in [0, 0.05) is 23.7 Å². The number of aromatic nitrogens is 4. The highest BCUT2D eigenvalue weighted by atomic mass is 35.5. The van der Waals surface area contributed by atoms with Crippen LogP contribution < -0.4 is 10.1 Å². The molecule has 0 aliphatic carbocycles. The van der Waals surface area contributed by atoms with Gasteiger partial charge in [0.25, 0.3) is 0 Å². The summed E-state index contributed by atoms with van der Waals surface area (Å²) in [6.45, 7) is 2.24. The van der Waals surface area contributed by atoms with Crippen LogP contribution in [0.5, 0.6) is 5.88 Å². The van der Waals surface area contributed by atoms with E-state index in [0.717, 1.165) is 24.8 Å². The molecule has 0 fully saturated rings. The van der Waals surface area contributed by atoms with Gasteiger partial charge in [0.1, 0.15) is 11.8 Å². The highest BCUT2D eigenvalue weighted by molar-refractivity contribution is 6.34. The number of aromatic amines is 1. The number of fused-ring (bicyclic) bond motifs is 1. The van der Waals surface area contributed by atoms with Crippen molar-refractivity contribution < 1.29 is 19.7 Å². The van der Waals surface area contributed by atoms with Gasteiger partial charge >= 0.3 is 0 Å². The number of carbonyl (C=O) groups excluding carboxylic acids is 1. The second-order valence-electron chi connectivity index (χ2n) is 10.2. The van der Waals surface area contributed by atoms with Gasteiger partial charge in [-0.3, -0.25) is 15.2 Å². The second kappa shape index (κ2) is 18.2. The van der Waals surface area contributed by atoms with Crippen LogP contribution in [0.4, 0.5) is 0 Å². The van der Waals surface area contributed by atoms with E-state index in [1.54, 1.807) is 16.6 Å². The zero-order valence-corrected chi connectivity index (χ0v) is 25.5. The van der Waals surface area contributed by atoms with Crippen LogP contribution in [0.15, 0.2) is 24.3 Å². The summed E-state index contributed by atoms with van der Waals surface area (Å²) in [5.74, 6) is 0.681. The van der Waals surface area contributed by atoms with Crippen molar-refractivity contribution >= 4 is 34.8 Å². The summed E-state index contributed by atoms with van der Waals surface area (Å²) in [6.07, 6.45) is 12.7. The molecule has 0 bridgehead atoms. The van der Waals surface area contributed by atoms with E-state index in [9.17, 15) is 15.0 Å². The number of hydrogen-bond donors (Lipinski definition) is 4. The number of amides is 1. The number of ether oxygens (including phenoxy) is 1. The minimum atomic E-state index is -0.522. The van der Waals surface area contributed by atoms with Crippen LogP contribution >= 0.6 is 23.2 Å². The van der Waals surface area contributed by atoms with E-state index >= 15 is 0 Å². The maximum Gasteiger partial charge on any atom is 0.239 e. The first-order valence-corrected chi connectivity index (χ1v) is 15.5.